The summed E-state index contributed by atoms with van der Waals surface area (Å²) in [4.78, 5) is 23.0. The van der Waals surface area contributed by atoms with Gasteiger partial charge in [0.05, 0.1) is 12.2 Å². The monoisotopic (exact) mass is 405 g/mol. The zero-order valence-corrected chi connectivity index (χ0v) is 15.7. The molecule has 0 radical (unpaired) electrons. The summed E-state index contributed by atoms with van der Waals surface area (Å²) in [6.45, 7) is -0.531. The fraction of sp³-hybridized carbons (Fsp3) is 0.136. The molecule has 0 fully saturated rings. The van der Waals surface area contributed by atoms with Gasteiger partial charge in [-0.15, -0.1) is 0 Å². The van der Waals surface area contributed by atoms with Gasteiger partial charge in [-0.2, -0.15) is 5.10 Å². The average molecular weight is 405 g/mol. The van der Waals surface area contributed by atoms with Crippen LogP contribution in [0.15, 0.2) is 65.8 Å². The molecule has 3 aromatic carbocycles. The van der Waals surface area contributed by atoms with E-state index in [0.29, 0.717) is 22.8 Å². The predicted molar refractivity (Wildman–Crippen MR) is 107 cm³/mol. The minimum Gasteiger partial charge on any atom is -0.546 e. The fourth-order valence-electron chi connectivity index (χ4n) is 2.98. The molecular formula is C22H17N2O6-. The molecule has 0 saturated heterocycles. The zero-order valence-electron chi connectivity index (χ0n) is 15.7. The van der Waals surface area contributed by atoms with E-state index in [2.05, 4.69) is 10.5 Å². The number of ether oxygens (including phenoxy) is 3. The summed E-state index contributed by atoms with van der Waals surface area (Å²) in [5.41, 5.74) is 2.90. The van der Waals surface area contributed by atoms with Crippen LogP contribution in [0.3, 0.4) is 0 Å². The van der Waals surface area contributed by atoms with Crippen molar-refractivity contribution in [3.63, 3.8) is 0 Å². The summed E-state index contributed by atoms with van der Waals surface area (Å²) in [5, 5.41) is 16.5. The van der Waals surface area contributed by atoms with Crippen molar-refractivity contribution < 1.29 is 28.9 Å². The highest BCUT2D eigenvalue weighted by atomic mass is 16.6. The number of nitrogens with one attached hydrogen (secondary N) is 1. The second kappa shape index (κ2) is 8.52. The highest BCUT2D eigenvalue weighted by molar-refractivity contribution is 5.88. The average Bonchev–Trinajstić information content (AvgIpc) is 2.76. The number of hydrazone groups is 1. The lowest BCUT2D eigenvalue weighted by atomic mass is 10.1. The van der Waals surface area contributed by atoms with Crippen LogP contribution in [0.4, 0.5) is 0 Å². The number of hydrogen-bond donors (Lipinski definition) is 1. The highest BCUT2D eigenvalue weighted by Gasteiger charge is 2.27. The summed E-state index contributed by atoms with van der Waals surface area (Å²) in [5.74, 6) is -0.432. The van der Waals surface area contributed by atoms with E-state index in [0.717, 1.165) is 10.8 Å². The quantitative estimate of drug-likeness (QED) is 0.488. The SMILES string of the molecule is O=C([O-])COc1ccccc1/C=N/NC(=O)[C@@H]1COc2cc3ccccc3cc2O1. The number of fused-ring (bicyclic) bond motifs is 2. The van der Waals surface area contributed by atoms with Crippen molar-refractivity contribution in [3.8, 4) is 17.2 Å². The van der Waals surface area contributed by atoms with Gasteiger partial charge in [0.25, 0.3) is 5.91 Å². The van der Waals surface area contributed by atoms with E-state index in [1.807, 2.05) is 36.4 Å². The summed E-state index contributed by atoms with van der Waals surface area (Å²) < 4.78 is 16.6. The summed E-state index contributed by atoms with van der Waals surface area (Å²) >= 11 is 0. The first-order valence-electron chi connectivity index (χ1n) is 9.17. The Morgan fingerprint density at radius 3 is 2.57 bits per heavy atom. The minimum absolute atomic E-state index is 0.0536. The Kier molecular flexibility index (Phi) is 5.47. The molecule has 1 aliphatic heterocycles. The van der Waals surface area contributed by atoms with Gasteiger partial charge in [-0.05, 0) is 35.0 Å². The van der Waals surface area contributed by atoms with Gasteiger partial charge in [0.2, 0.25) is 6.10 Å². The van der Waals surface area contributed by atoms with Crippen molar-refractivity contribution in [1.82, 2.24) is 5.43 Å². The van der Waals surface area contributed by atoms with Gasteiger partial charge in [-0.1, -0.05) is 36.4 Å². The standard InChI is InChI=1S/C22H18N2O6/c25-21(26)13-29-17-8-4-3-7-16(17)11-23-24-22(27)20-12-28-18-9-14-5-1-2-6-15(14)10-19(18)30-20/h1-11,20H,12-13H2,(H,24,27)(H,25,26)/p-1/b23-11+/t20-/m0/s1. The maximum Gasteiger partial charge on any atom is 0.284 e. The molecule has 1 amide bonds. The van der Waals surface area contributed by atoms with E-state index in [1.165, 1.54) is 6.21 Å². The normalized spacial score (nSPS) is 15.1. The molecule has 8 nitrogen and oxygen atoms in total. The molecule has 1 heterocycles. The van der Waals surface area contributed by atoms with E-state index in [1.54, 1.807) is 24.3 Å². The molecule has 0 spiro atoms. The third-order valence-electron chi connectivity index (χ3n) is 4.41. The number of benzene rings is 3. The number of aliphatic carboxylic acids is 1. The molecule has 152 valence electrons. The molecule has 1 aliphatic rings. The molecule has 30 heavy (non-hydrogen) atoms. The van der Waals surface area contributed by atoms with Crippen LogP contribution in [0.1, 0.15) is 5.56 Å². The van der Waals surface area contributed by atoms with Gasteiger partial charge < -0.3 is 24.1 Å². The van der Waals surface area contributed by atoms with Crippen LogP contribution in [0.25, 0.3) is 10.8 Å². The number of carbonyl (C=O) groups excluding carboxylic acids is 2. The first-order valence-corrected chi connectivity index (χ1v) is 9.17. The molecule has 0 saturated carbocycles. The Hall–Kier alpha value is -4.07. The number of amides is 1. The largest absolute Gasteiger partial charge is 0.546 e. The van der Waals surface area contributed by atoms with E-state index in [-0.39, 0.29) is 6.61 Å². The van der Waals surface area contributed by atoms with Gasteiger partial charge in [0.1, 0.15) is 19.0 Å². The third kappa shape index (κ3) is 4.33. The lowest BCUT2D eigenvalue weighted by Crippen LogP contribution is -2.42. The van der Waals surface area contributed by atoms with Crippen LogP contribution in [-0.2, 0) is 9.59 Å². The Balaban J connectivity index is 1.41. The topological polar surface area (TPSA) is 109 Å². The maximum atomic E-state index is 12.4. The van der Waals surface area contributed by atoms with Crippen LogP contribution in [0.2, 0.25) is 0 Å². The predicted octanol–water partition coefficient (Wildman–Crippen LogP) is 1.26. The number of carboxylic acids is 1. The number of hydrogen-bond acceptors (Lipinski definition) is 7. The van der Waals surface area contributed by atoms with Gasteiger partial charge in [0.15, 0.2) is 11.5 Å². The van der Waals surface area contributed by atoms with Gasteiger partial charge in [-0.25, -0.2) is 5.43 Å². The summed E-state index contributed by atoms with van der Waals surface area (Å²) in [6, 6.07) is 18.2. The highest BCUT2D eigenvalue weighted by Crippen LogP contribution is 2.35. The van der Waals surface area contributed by atoms with Crippen molar-refractivity contribution in [2.45, 2.75) is 6.10 Å². The summed E-state index contributed by atoms with van der Waals surface area (Å²) in [7, 11) is 0. The number of carbonyl (C=O) groups is 2. The van der Waals surface area contributed by atoms with Crippen LogP contribution in [-0.4, -0.2) is 37.4 Å². The minimum atomic E-state index is -1.34. The number of para-hydroxylation sites is 1. The molecule has 0 unspecified atom stereocenters. The molecular weight excluding hydrogens is 388 g/mol. The Morgan fingerprint density at radius 2 is 1.80 bits per heavy atom. The lowest BCUT2D eigenvalue weighted by molar-refractivity contribution is -0.307. The number of rotatable bonds is 6. The van der Waals surface area contributed by atoms with Crippen molar-refractivity contribution in [2.75, 3.05) is 13.2 Å². The lowest BCUT2D eigenvalue weighted by Gasteiger charge is -2.25. The van der Waals surface area contributed by atoms with Crippen molar-refractivity contribution in [2.24, 2.45) is 5.10 Å². The molecule has 8 heteroatoms. The Bertz CT molecular complexity index is 1130. The van der Waals surface area contributed by atoms with Crippen molar-refractivity contribution >= 4 is 28.9 Å². The molecule has 1 N–H and O–H groups in total. The first-order chi connectivity index (χ1) is 14.6. The zero-order chi connectivity index (χ0) is 20.9. The van der Waals surface area contributed by atoms with Crippen LogP contribution in [0, 0.1) is 0 Å². The van der Waals surface area contributed by atoms with Crippen LogP contribution >= 0.6 is 0 Å². The van der Waals surface area contributed by atoms with Crippen LogP contribution in [0.5, 0.6) is 17.2 Å². The van der Waals surface area contributed by atoms with E-state index >= 15 is 0 Å². The van der Waals surface area contributed by atoms with Crippen molar-refractivity contribution in [3.05, 3.63) is 66.2 Å². The number of carboxylic acid groups (broad SMARTS) is 1. The van der Waals surface area contributed by atoms with Gasteiger partial charge in [0, 0.05) is 5.56 Å². The van der Waals surface area contributed by atoms with Crippen LogP contribution < -0.4 is 24.7 Å². The molecule has 0 aliphatic carbocycles. The second-order valence-corrected chi connectivity index (χ2v) is 6.50. The molecule has 1 atom stereocenters. The second-order valence-electron chi connectivity index (χ2n) is 6.50. The summed E-state index contributed by atoms with van der Waals surface area (Å²) in [6.07, 6.45) is 0.494. The van der Waals surface area contributed by atoms with Gasteiger partial charge in [-0.3, -0.25) is 4.79 Å². The number of nitrogens with zero attached hydrogens (tertiary/aromatic N) is 1. The smallest absolute Gasteiger partial charge is 0.284 e. The Morgan fingerprint density at radius 1 is 1.10 bits per heavy atom. The van der Waals surface area contributed by atoms with E-state index in [4.69, 9.17) is 14.2 Å². The molecule has 0 aromatic heterocycles. The first kappa shape index (κ1) is 19.3. The van der Waals surface area contributed by atoms with Gasteiger partial charge >= 0.3 is 0 Å². The molecule has 0 bridgehead atoms. The molecule has 4 rings (SSSR count). The van der Waals surface area contributed by atoms with Crippen molar-refractivity contribution in [1.29, 1.82) is 0 Å². The fourth-order valence-corrected chi connectivity index (χ4v) is 2.98. The van der Waals surface area contributed by atoms with E-state index in [9.17, 15) is 14.7 Å². The Labute approximate surface area is 171 Å². The van der Waals surface area contributed by atoms with E-state index < -0.39 is 24.6 Å². The maximum absolute atomic E-state index is 12.4. The molecule has 3 aromatic rings. The third-order valence-corrected chi connectivity index (χ3v) is 4.41.